The molecular weight excluding hydrogens is 326 g/mol. The number of Topliss-reactive ketones (excluding diaryl/α,β-unsaturated/α-hetero) is 1. The molecule has 1 amide bonds. The summed E-state index contributed by atoms with van der Waals surface area (Å²) in [4.78, 5) is 40.6. The first kappa shape index (κ1) is 16.3. The first-order chi connectivity index (χ1) is 11.9. The average molecular weight is 339 g/mol. The monoisotopic (exact) mass is 339 g/mol. The Kier molecular flexibility index (Phi) is 4.02. The lowest BCUT2D eigenvalue weighted by Crippen LogP contribution is -2.31. The van der Waals surface area contributed by atoms with Gasteiger partial charge >= 0.3 is 0 Å². The van der Waals surface area contributed by atoms with E-state index in [0.717, 1.165) is 4.90 Å². The van der Waals surface area contributed by atoms with Gasteiger partial charge in [0.15, 0.2) is 11.5 Å². The lowest BCUT2D eigenvalue weighted by molar-refractivity contribution is -0.385. The van der Waals surface area contributed by atoms with Crippen LogP contribution in [-0.2, 0) is 9.59 Å². The number of nitrogens with zero attached hydrogens (tertiary/aromatic N) is 3. The number of aromatic nitrogens is 1. The Labute approximate surface area is 142 Å². The lowest BCUT2D eigenvalue weighted by Gasteiger charge is -2.25. The standard InChI is InChI=1S/C17H13N3O5/c1-10(21)14-15(11-6-2-3-7-12(11)20(24)25)19(17(23)16(14)22)13-8-4-5-9-18-13/h2-9,15,22H,1H3/t15-/m1/s1. The van der Waals surface area contributed by atoms with E-state index in [0.29, 0.717) is 0 Å². The van der Waals surface area contributed by atoms with Gasteiger partial charge in [0.25, 0.3) is 11.6 Å². The molecule has 0 bridgehead atoms. The Bertz CT molecular complexity index is 908. The van der Waals surface area contributed by atoms with Crippen LogP contribution in [0.1, 0.15) is 18.5 Å². The van der Waals surface area contributed by atoms with E-state index in [-0.39, 0.29) is 22.6 Å². The van der Waals surface area contributed by atoms with E-state index >= 15 is 0 Å². The summed E-state index contributed by atoms with van der Waals surface area (Å²) >= 11 is 0. The highest BCUT2D eigenvalue weighted by Crippen LogP contribution is 2.42. The van der Waals surface area contributed by atoms with Gasteiger partial charge in [-0.15, -0.1) is 0 Å². The van der Waals surface area contributed by atoms with Gasteiger partial charge in [-0.3, -0.25) is 24.6 Å². The maximum absolute atomic E-state index is 12.5. The van der Waals surface area contributed by atoms with Crippen LogP contribution >= 0.6 is 0 Å². The van der Waals surface area contributed by atoms with Crippen LogP contribution in [0.25, 0.3) is 0 Å². The van der Waals surface area contributed by atoms with Crippen molar-refractivity contribution < 1.29 is 19.6 Å². The number of ketones is 1. The Morgan fingerprint density at radius 1 is 1.24 bits per heavy atom. The number of para-hydroxylation sites is 1. The molecule has 0 aliphatic carbocycles. The number of nitro groups is 1. The lowest BCUT2D eigenvalue weighted by atomic mass is 9.95. The first-order valence-electron chi connectivity index (χ1n) is 7.35. The highest BCUT2D eigenvalue weighted by Gasteiger charge is 2.46. The van der Waals surface area contributed by atoms with Crippen LogP contribution in [0, 0.1) is 10.1 Å². The Hall–Kier alpha value is -3.55. The molecule has 0 radical (unpaired) electrons. The molecule has 1 aliphatic heterocycles. The van der Waals surface area contributed by atoms with Crippen molar-refractivity contribution >= 4 is 23.2 Å². The van der Waals surface area contributed by atoms with Crippen LogP contribution in [0.3, 0.4) is 0 Å². The van der Waals surface area contributed by atoms with Gasteiger partial charge < -0.3 is 5.11 Å². The topological polar surface area (TPSA) is 114 Å². The molecule has 8 nitrogen and oxygen atoms in total. The number of benzene rings is 1. The third-order valence-corrected chi connectivity index (χ3v) is 3.91. The van der Waals surface area contributed by atoms with E-state index in [9.17, 15) is 24.8 Å². The molecule has 1 aromatic carbocycles. The number of aliphatic hydroxyl groups is 1. The van der Waals surface area contributed by atoms with Crippen molar-refractivity contribution in [3.8, 4) is 0 Å². The van der Waals surface area contributed by atoms with Crippen molar-refractivity contribution in [2.75, 3.05) is 4.90 Å². The van der Waals surface area contributed by atoms with Gasteiger partial charge in [-0.25, -0.2) is 4.98 Å². The molecule has 0 spiro atoms. The predicted molar refractivity (Wildman–Crippen MR) is 87.9 cm³/mol. The van der Waals surface area contributed by atoms with Crippen LogP contribution in [-0.4, -0.2) is 26.7 Å². The molecule has 2 aromatic rings. The fourth-order valence-corrected chi connectivity index (χ4v) is 2.88. The molecule has 0 unspecified atom stereocenters. The molecule has 1 aliphatic rings. The molecule has 2 heterocycles. The molecule has 1 N–H and O–H groups in total. The molecule has 0 saturated heterocycles. The average Bonchev–Trinajstić information content (AvgIpc) is 2.87. The van der Waals surface area contributed by atoms with Gasteiger partial charge in [0.1, 0.15) is 11.9 Å². The number of rotatable bonds is 4. The second kappa shape index (κ2) is 6.16. The minimum Gasteiger partial charge on any atom is -0.503 e. The van der Waals surface area contributed by atoms with E-state index < -0.39 is 28.4 Å². The maximum atomic E-state index is 12.5. The van der Waals surface area contributed by atoms with E-state index in [4.69, 9.17) is 0 Å². The van der Waals surface area contributed by atoms with Crippen molar-refractivity contribution in [1.82, 2.24) is 4.98 Å². The number of hydrogen-bond donors (Lipinski definition) is 1. The van der Waals surface area contributed by atoms with E-state index in [1.54, 1.807) is 18.2 Å². The summed E-state index contributed by atoms with van der Waals surface area (Å²) in [5, 5.41) is 21.6. The van der Waals surface area contributed by atoms with Crippen molar-refractivity contribution in [3.05, 3.63) is 75.7 Å². The summed E-state index contributed by atoms with van der Waals surface area (Å²) < 4.78 is 0. The summed E-state index contributed by atoms with van der Waals surface area (Å²) in [7, 11) is 0. The molecule has 8 heteroatoms. The van der Waals surface area contributed by atoms with Gasteiger partial charge in [-0.05, 0) is 25.1 Å². The number of nitro benzene ring substituents is 1. The van der Waals surface area contributed by atoms with E-state index in [1.807, 2.05) is 0 Å². The molecule has 126 valence electrons. The van der Waals surface area contributed by atoms with Crippen molar-refractivity contribution in [3.63, 3.8) is 0 Å². The fourth-order valence-electron chi connectivity index (χ4n) is 2.88. The van der Waals surface area contributed by atoms with E-state index in [1.165, 1.54) is 37.4 Å². The Morgan fingerprint density at radius 2 is 1.92 bits per heavy atom. The summed E-state index contributed by atoms with van der Waals surface area (Å²) in [5.74, 6) is -1.92. The number of aliphatic hydroxyl groups excluding tert-OH is 1. The summed E-state index contributed by atoms with van der Waals surface area (Å²) in [6.45, 7) is 1.20. The van der Waals surface area contributed by atoms with Crippen LogP contribution in [0.4, 0.5) is 11.5 Å². The Balaban J connectivity index is 2.26. The number of hydrogen-bond acceptors (Lipinski definition) is 6. The van der Waals surface area contributed by atoms with Crippen LogP contribution in [0.5, 0.6) is 0 Å². The number of carbonyl (C=O) groups excluding carboxylic acids is 2. The van der Waals surface area contributed by atoms with Crippen LogP contribution in [0.15, 0.2) is 60.0 Å². The molecule has 0 fully saturated rings. The van der Waals surface area contributed by atoms with E-state index in [2.05, 4.69) is 4.98 Å². The third kappa shape index (κ3) is 2.63. The largest absolute Gasteiger partial charge is 0.503 e. The zero-order valence-corrected chi connectivity index (χ0v) is 13.1. The van der Waals surface area contributed by atoms with Crippen molar-refractivity contribution in [1.29, 1.82) is 0 Å². The minimum atomic E-state index is -1.12. The summed E-state index contributed by atoms with van der Waals surface area (Å²) in [5.41, 5.74) is -0.319. The number of anilines is 1. The third-order valence-electron chi connectivity index (χ3n) is 3.91. The zero-order valence-electron chi connectivity index (χ0n) is 13.1. The SMILES string of the molecule is CC(=O)C1=C(O)C(=O)N(c2ccccn2)[C@@H]1c1ccccc1[N+](=O)[O-]. The molecular formula is C17H13N3O5. The molecule has 25 heavy (non-hydrogen) atoms. The molecule has 1 atom stereocenters. The summed E-state index contributed by atoms with van der Waals surface area (Å²) in [6, 6.07) is 9.46. The minimum absolute atomic E-state index is 0.126. The number of amides is 1. The zero-order chi connectivity index (χ0) is 18.1. The van der Waals surface area contributed by atoms with Crippen molar-refractivity contribution in [2.24, 2.45) is 0 Å². The molecule has 0 saturated carbocycles. The number of carbonyl (C=O) groups is 2. The molecule has 3 rings (SSSR count). The van der Waals surface area contributed by atoms with Crippen LogP contribution < -0.4 is 4.90 Å². The van der Waals surface area contributed by atoms with Crippen molar-refractivity contribution in [2.45, 2.75) is 13.0 Å². The second-order valence-corrected chi connectivity index (χ2v) is 5.40. The van der Waals surface area contributed by atoms with Gasteiger partial charge in [0, 0.05) is 12.3 Å². The second-order valence-electron chi connectivity index (χ2n) is 5.40. The highest BCUT2D eigenvalue weighted by molar-refractivity contribution is 6.15. The normalized spacial score (nSPS) is 17.1. The fraction of sp³-hybridized carbons (Fsp3) is 0.118. The van der Waals surface area contributed by atoms with Gasteiger partial charge in [0.2, 0.25) is 0 Å². The van der Waals surface area contributed by atoms with Gasteiger partial charge in [-0.1, -0.05) is 18.2 Å². The highest BCUT2D eigenvalue weighted by atomic mass is 16.6. The smallest absolute Gasteiger partial charge is 0.295 e. The maximum Gasteiger partial charge on any atom is 0.295 e. The van der Waals surface area contributed by atoms with Gasteiger partial charge in [0.05, 0.1) is 16.1 Å². The Morgan fingerprint density at radius 3 is 2.52 bits per heavy atom. The predicted octanol–water partition coefficient (Wildman–Crippen LogP) is 2.48. The van der Waals surface area contributed by atoms with Crippen LogP contribution in [0.2, 0.25) is 0 Å². The molecule has 1 aromatic heterocycles. The van der Waals surface area contributed by atoms with Gasteiger partial charge in [-0.2, -0.15) is 0 Å². The number of pyridine rings is 1. The summed E-state index contributed by atoms with van der Waals surface area (Å²) in [6.07, 6.45) is 1.45. The quantitative estimate of drug-likeness (QED) is 0.676. The first-order valence-corrected chi connectivity index (χ1v) is 7.35.